The predicted molar refractivity (Wildman–Crippen MR) is 154 cm³/mol. The van der Waals surface area contributed by atoms with Gasteiger partial charge in [-0.3, -0.25) is 9.59 Å². The van der Waals surface area contributed by atoms with Gasteiger partial charge in [0, 0.05) is 28.7 Å². The molecule has 0 aromatic rings. The molecule has 3 saturated carbocycles. The van der Waals surface area contributed by atoms with Crippen molar-refractivity contribution in [3.05, 3.63) is 23.3 Å². The zero-order chi connectivity index (χ0) is 29.5. The minimum Gasteiger partial charge on any atom is -0.449 e. The average Bonchev–Trinajstić information content (AvgIpc) is 2.87. The summed E-state index contributed by atoms with van der Waals surface area (Å²) in [6.07, 6.45) is 10.1. The van der Waals surface area contributed by atoms with E-state index in [9.17, 15) is 19.6 Å². The van der Waals surface area contributed by atoms with Gasteiger partial charge in [-0.2, -0.15) is 5.26 Å². The summed E-state index contributed by atoms with van der Waals surface area (Å²) in [6, 6.07) is 2.19. The number of carbonyl (C=O) groups is 3. The molecule has 0 radical (unpaired) electrons. The molecule has 0 heterocycles. The van der Waals surface area contributed by atoms with Crippen LogP contribution < -0.4 is 5.32 Å². The smallest absolute Gasteiger partial charge is 0.407 e. The minimum atomic E-state index is -0.664. The highest BCUT2D eigenvalue weighted by Gasteiger charge is 2.69. The highest BCUT2D eigenvalue weighted by molar-refractivity contribution is 6.04. The number of fused-ring (bicyclic) bond motifs is 7. The quantitative estimate of drug-likeness (QED) is 0.412. The number of hydrogen-bond donors (Lipinski definition) is 1. The van der Waals surface area contributed by atoms with Crippen molar-refractivity contribution >= 4 is 17.7 Å². The Morgan fingerprint density at radius 3 is 2.38 bits per heavy atom. The molecule has 7 atom stereocenters. The third-order valence-electron chi connectivity index (χ3n) is 12.9. The SMILES string of the molecule is CCNC(=O)OC[C@]12CCC(C)(C)CC1C1C(=O)C=C3[C@@]4(C)C=C(C#N)C(=O)C(C)(C)C4CC[C@@]3(C)[C@]1(C)CC2. The molecule has 0 aliphatic heterocycles. The van der Waals surface area contributed by atoms with E-state index in [1.807, 2.05) is 32.9 Å². The van der Waals surface area contributed by atoms with Gasteiger partial charge in [0.05, 0.1) is 12.2 Å². The van der Waals surface area contributed by atoms with Gasteiger partial charge in [0.2, 0.25) is 0 Å². The lowest BCUT2D eigenvalue weighted by atomic mass is 9.34. The Hall–Kier alpha value is -2.42. The fourth-order valence-corrected chi connectivity index (χ4v) is 10.4. The Morgan fingerprint density at radius 1 is 1.05 bits per heavy atom. The lowest BCUT2D eigenvalue weighted by Gasteiger charge is -2.69. The second kappa shape index (κ2) is 9.04. The van der Waals surface area contributed by atoms with E-state index in [1.165, 1.54) is 0 Å². The van der Waals surface area contributed by atoms with Crippen LogP contribution in [-0.2, 0) is 14.3 Å². The second-order valence-electron chi connectivity index (χ2n) is 15.7. The standard InChI is InChI=1S/C34H48N2O4/c1-9-36-28(39)40-20-34-14-12-29(2,3)18-22(34)26-23(37)16-25-31(6)17-21(19-35)27(38)30(4,5)24(31)10-11-32(25,7)33(26,8)13-15-34/h16-17,22,24,26H,9-15,18,20H2,1-8H3,(H,36,39)/t22?,24?,26?,31-,32+,33+,34+/m0/s1. The van der Waals surface area contributed by atoms with Crippen molar-refractivity contribution in [3.63, 3.8) is 0 Å². The fraction of sp³-hybridized carbons (Fsp3) is 0.765. The van der Waals surface area contributed by atoms with Gasteiger partial charge < -0.3 is 10.1 Å². The molecule has 1 N–H and O–H groups in total. The fourth-order valence-electron chi connectivity index (χ4n) is 10.4. The first-order valence-corrected chi connectivity index (χ1v) is 15.4. The number of nitriles is 1. The molecule has 0 aromatic carbocycles. The third kappa shape index (κ3) is 3.82. The van der Waals surface area contributed by atoms with Crippen molar-refractivity contribution in [2.75, 3.05) is 13.2 Å². The lowest BCUT2D eigenvalue weighted by Crippen LogP contribution is -2.65. The number of nitrogens with one attached hydrogen (secondary N) is 1. The monoisotopic (exact) mass is 548 g/mol. The number of ketones is 2. The Kier molecular flexibility index (Phi) is 6.57. The molecule has 40 heavy (non-hydrogen) atoms. The van der Waals surface area contributed by atoms with Crippen molar-refractivity contribution < 1.29 is 19.1 Å². The normalized spacial score (nSPS) is 43.0. The highest BCUT2D eigenvalue weighted by Crippen LogP contribution is 2.74. The topological polar surface area (TPSA) is 96.3 Å². The summed E-state index contributed by atoms with van der Waals surface area (Å²) in [4.78, 5) is 40.1. The van der Waals surface area contributed by atoms with E-state index in [1.54, 1.807) is 0 Å². The first-order valence-electron chi connectivity index (χ1n) is 15.4. The van der Waals surface area contributed by atoms with Crippen molar-refractivity contribution in [1.82, 2.24) is 5.32 Å². The number of rotatable bonds is 3. The summed E-state index contributed by atoms with van der Waals surface area (Å²) in [5.74, 6) is 0.130. The van der Waals surface area contributed by atoms with Crippen molar-refractivity contribution in [2.24, 2.45) is 50.2 Å². The molecule has 6 nitrogen and oxygen atoms in total. The Balaban J connectivity index is 1.62. The van der Waals surface area contributed by atoms with Crippen LogP contribution in [0.1, 0.15) is 100 Å². The number of alkyl carbamates (subject to hydrolysis) is 1. The van der Waals surface area contributed by atoms with E-state index in [0.717, 1.165) is 50.5 Å². The van der Waals surface area contributed by atoms with Crippen LogP contribution >= 0.6 is 0 Å². The molecule has 0 aromatic heterocycles. The lowest BCUT2D eigenvalue weighted by molar-refractivity contribution is -0.177. The number of carbonyl (C=O) groups excluding carboxylic acids is 3. The zero-order valence-corrected chi connectivity index (χ0v) is 25.8. The summed E-state index contributed by atoms with van der Waals surface area (Å²) in [7, 11) is 0. The molecule has 6 heteroatoms. The third-order valence-corrected chi connectivity index (χ3v) is 12.9. The molecule has 218 valence electrons. The molecule has 3 fully saturated rings. The van der Waals surface area contributed by atoms with E-state index < -0.39 is 10.8 Å². The Labute approximate surface area is 240 Å². The van der Waals surface area contributed by atoms with Crippen molar-refractivity contribution in [1.29, 1.82) is 5.26 Å². The molecule has 1 amide bonds. The second-order valence-corrected chi connectivity index (χ2v) is 15.7. The molecule has 5 aliphatic carbocycles. The van der Waals surface area contributed by atoms with Gasteiger partial charge in [-0.15, -0.1) is 0 Å². The Morgan fingerprint density at radius 2 is 1.73 bits per heavy atom. The number of hydrogen-bond acceptors (Lipinski definition) is 5. The summed E-state index contributed by atoms with van der Waals surface area (Å²) < 4.78 is 5.83. The largest absolute Gasteiger partial charge is 0.449 e. The first-order chi connectivity index (χ1) is 18.5. The van der Waals surface area contributed by atoms with Crippen LogP contribution in [0.15, 0.2) is 23.3 Å². The van der Waals surface area contributed by atoms with E-state index in [4.69, 9.17) is 4.74 Å². The van der Waals surface area contributed by atoms with Gasteiger partial charge in [0.15, 0.2) is 11.6 Å². The molecule has 3 unspecified atom stereocenters. The Bertz CT molecular complexity index is 1250. The van der Waals surface area contributed by atoms with E-state index in [-0.39, 0.29) is 62.6 Å². The number of amides is 1. The summed E-state index contributed by atoms with van der Waals surface area (Å²) >= 11 is 0. The average molecular weight is 549 g/mol. The number of allylic oxidation sites excluding steroid dienone is 4. The van der Waals surface area contributed by atoms with Gasteiger partial charge in [-0.25, -0.2) is 4.79 Å². The van der Waals surface area contributed by atoms with Crippen molar-refractivity contribution in [3.8, 4) is 6.07 Å². The van der Waals surface area contributed by atoms with Gasteiger partial charge in [-0.05, 0) is 86.0 Å². The first kappa shape index (κ1) is 29.1. The van der Waals surface area contributed by atoms with E-state index >= 15 is 0 Å². The van der Waals surface area contributed by atoms with Crippen LogP contribution in [0.2, 0.25) is 0 Å². The maximum atomic E-state index is 14.5. The summed E-state index contributed by atoms with van der Waals surface area (Å²) in [6.45, 7) is 18.2. The maximum absolute atomic E-state index is 14.5. The zero-order valence-electron chi connectivity index (χ0n) is 25.8. The van der Waals surface area contributed by atoms with Crippen LogP contribution in [0, 0.1) is 61.6 Å². The highest BCUT2D eigenvalue weighted by atomic mass is 16.5. The van der Waals surface area contributed by atoms with Crippen LogP contribution in [0.5, 0.6) is 0 Å². The molecule has 5 aliphatic rings. The van der Waals surface area contributed by atoms with Gasteiger partial charge >= 0.3 is 6.09 Å². The van der Waals surface area contributed by atoms with Gasteiger partial charge in [-0.1, -0.05) is 60.1 Å². The minimum absolute atomic E-state index is 0.0404. The van der Waals surface area contributed by atoms with Crippen LogP contribution in [-0.4, -0.2) is 30.8 Å². The molecule has 5 rings (SSSR count). The number of ether oxygens (including phenoxy) is 1. The summed E-state index contributed by atoms with van der Waals surface area (Å²) in [5, 5.41) is 12.7. The molecular formula is C34H48N2O4. The predicted octanol–water partition coefficient (Wildman–Crippen LogP) is 6.95. The summed E-state index contributed by atoms with van der Waals surface area (Å²) in [5.41, 5.74) is -0.423. The molecule has 0 bridgehead atoms. The van der Waals surface area contributed by atoms with Gasteiger partial charge in [0.1, 0.15) is 6.07 Å². The van der Waals surface area contributed by atoms with Crippen LogP contribution in [0.3, 0.4) is 0 Å². The maximum Gasteiger partial charge on any atom is 0.407 e. The van der Waals surface area contributed by atoms with Crippen LogP contribution in [0.25, 0.3) is 0 Å². The molecular weight excluding hydrogens is 500 g/mol. The molecule has 0 spiro atoms. The number of Topliss-reactive ketones (excluding diaryl/α,β-unsaturated/α-hetero) is 1. The van der Waals surface area contributed by atoms with E-state index in [0.29, 0.717) is 13.2 Å². The number of nitrogens with zero attached hydrogens (tertiary/aromatic N) is 1. The van der Waals surface area contributed by atoms with Crippen LogP contribution in [0.4, 0.5) is 4.79 Å². The van der Waals surface area contributed by atoms with Gasteiger partial charge in [0.25, 0.3) is 0 Å². The van der Waals surface area contributed by atoms with E-state index in [2.05, 4.69) is 46.0 Å². The molecule has 0 saturated heterocycles. The van der Waals surface area contributed by atoms with Crippen molar-refractivity contribution in [2.45, 2.75) is 100 Å².